The number of nitrogens with zero attached hydrogens (tertiary/aromatic N) is 2. The van der Waals surface area contributed by atoms with E-state index >= 15 is 0 Å². The summed E-state index contributed by atoms with van der Waals surface area (Å²) < 4.78 is 5.35. The molecule has 0 bridgehead atoms. The molecule has 2 aromatic rings. The van der Waals surface area contributed by atoms with E-state index in [2.05, 4.69) is 10.3 Å². The van der Waals surface area contributed by atoms with Crippen molar-refractivity contribution in [2.45, 2.75) is 51.2 Å². The van der Waals surface area contributed by atoms with Crippen molar-refractivity contribution >= 4 is 11.8 Å². The first kappa shape index (κ1) is 18.5. The summed E-state index contributed by atoms with van der Waals surface area (Å²) in [5.41, 5.74) is 2.24. The molecular formula is C22H25N3O3. The predicted octanol–water partition coefficient (Wildman–Crippen LogP) is 3.18. The van der Waals surface area contributed by atoms with Crippen LogP contribution in [0.2, 0.25) is 0 Å². The molecule has 6 heteroatoms. The summed E-state index contributed by atoms with van der Waals surface area (Å²) in [7, 11) is 0. The van der Waals surface area contributed by atoms with Gasteiger partial charge in [-0.05, 0) is 56.4 Å². The first-order chi connectivity index (χ1) is 13.6. The molecule has 0 radical (unpaired) electrons. The number of pyridine rings is 1. The Morgan fingerprint density at radius 3 is 2.36 bits per heavy atom. The maximum atomic E-state index is 13.0. The standard InChI is InChI=1S/C22H25N3O3/c1-2-28-20-12-7-17(13-23-20)22(27)25(19-10-11-19)14-15-3-5-16(6-4-15)21(26)24-18-8-9-18/h3-7,12-13,18-19H,2,8-11,14H2,1H3,(H,24,26). The van der Waals surface area contributed by atoms with Gasteiger partial charge in [-0.2, -0.15) is 0 Å². The zero-order valence-electron chi connectivity index (χ0n) is 16.1. The van der Waals surface area contributed by atoms with E-state index in [1.54, 1.807) is 18.3 Å². The van der Waals surface area contributed by atoms with Gasteiger partial charge in [0.2, 0.25) is 5.88 Å². The predicted molar refractivity (Wildman–Crippen MR) is 105 cm³/mol. The third-order valence-corrected chi connectivity index (χ3v) is 5.01. The number of rotatable bonds is 8. The van der Waals surface area contributed by atoms with Gasteiger partial charge in [-0.1, -0.05) is 12.1 Å². The van der Waals surface area contributed by atoms with Gasteiger partial charge in [-0.15, -0.1) is 0 Å². The maximum absolute atomic E-state index is 13.0. The van der Waals surface area contributed by atoms with Gasteiger partial charge in [-0.3, -0.25) is 9.59 Å². The molecule has 0 spiro atoms. The van der Waals surface area contributed by atoms with Gasteiger partial charge >= 0.3 is 0 Å². The van der Waals surface area contributed by atoms with Gasteiger partial charge in [0.1, 0.15) is 0 Å². The first-order valence-electron chi connectivity index (χ1n) is 9.93. The second-order valence-corrected chi connectivity index (χ2v) is 7.43. The van der Waals surface area contributed by atoms with Crippen molar-refractivity contribution in [2.75, 3.05) is 6.61 Å². The highest BCUT2D eigenvalue weighted by Crippen LogP contribution is 2.30. The topological polar surface area (TPSA) is 71.5 Å². The van der Waals surface area contributed by atoms with Gasteiger partial charge < -0.3 is 15.0 Å². The number of hydrogen-bond donors (Lipinski definition) is 1. The van der Waals surface area contributed by atoms with Crippen molar-refractivity contribution in [3.05, 3.63) is 59.3 Å². The first-order valence-corrected chi connectivity index (χ1v) is 9.93. The van der Waals surface area contributed by atoms with Crippen molar-refractivity contribution in [1.82, 2.24) is 15.2 Å². The lowest BCUT2D eigenvalue weighted by Crippen LogP contribution is -2.32. The number of carbonyl (C=O) groups is 2. The third kappa shape index (κ3) is 4.50. The molecule has 2 amide bonds. The molecule has 6 nitrogen and oxygen atoms in total. The van der Waals surface area contributed by atoms with E-state index in [0.29, 0.717) is 36.2 Å². The lowest BCUT2D eigenvalue weighted by atomic mass is 10.1. The van der Waals surface area contributed by atoms with Gasteiger partial charge in [0.15, 0.2) is 0 Å². The number of amides is 2. The van der Waals surface area contributed by atoms with Crippen LogP contribution in [0.15, 0.2) is 42.6 Å². The van der Waals surface area contributed by atoms with E-state index in [1.807, 2.05) is 36.1 Å². The van der Waals surface area contributed by atoms with Gasteiger partial charge in [-0.25, -0.2) is 4.98 Å². The number of carbonyl (C=O) groups excluding carboxylic acids is 2. The molecule has 1 aromatic carbocycles. The Morgan fingerprint density at radius 2 is 1.79 bits per heavy atom. The zero-order valence-corrected chi connectivity index (χ0v) is 16.1. The SMILES string of the molecule is CCOc1ccc(C(=O)N(Cc2ccc(C(=O)NC3CC3)cc2)C2CC2)cn1. The molecule has 0 unspecified atom stereocenters. The Bertz CT molecular complexity index is 840. The minimum Gasteiger partial charge on any atom is -0.478 e. The number of ether oxygens (including phenoxy) is 1. The average molecular weight is 379 g/mol. The Hall–Kier alpha value is -2.89. The van der Waals surface area contributed by atoms with Crippen molar-refractivity contribution in [2.24, 2.45) is 0 Å². The second-order valence-electron chi connectivity index (χ2n) is 7.43. The summed E-state index contributed by atoms with van der Waals surface area (Å²) >= 11 is 0. The molecule has 1 N–H and O–H groups in total. The normalized spacial score (nSPS) is 15.8. The molecule has 1 heterocycles. The van der Waals surface area contributed by atoms with Gasteiger partial charge in [0, 0.05) is 36.5 Å². The van der Waals surface area contributed by atoms with E-state index < -0.39 is 0 Å². The Kier molecular flexibility index (Phi) is 5.28. The third-order valence-electron chi connectivity index (χ3n) is 5.01. The molecule has 2 saturated carbocycles. The van der Waals surface area contributed by atoms with Crippen molar-refractivity contribution in [3.63, 3.8) is 0 Å². The van der Waals surface area contributed by atoms with Crippen LogP contribution < -0.4 is 10.1 Å². The molecule has 2 fully saturated rings. The minimum atomic E-state index is -0.0235. The molecule has 2 aliphatic rings. The largest absolute Gasteiger partial charge is 0.478 e. The lowest BCUT2D eigenvalue weighted by Gasteiger charge is -2.23. The molecule has 0 atom stereocenters. The fourth-order valence-corrected chi connectivity index (χ4v) is 3.11. The monoisotopic (exact) mass is 379 g/mol. The van der Waals surface area contributed by atoms with Crippen LogP contribution in [0.25, 0.3) is 0 Å². The summed E-state index contributed by atoms with van der Waals surface area (Å²) in [6.07, 6.45) is 5.77. The van der Waals surface area contributed by atoms with E-state index in [1.165, 1.54) is 0 Å². The summed E-state index contributed by atoms with van der Waals surface area (Å²) in [4.78, 5) is 31.2. The highest BCUT2D eigenvalue weighted by molar-refractivity contribution is 5.95. The highest BCUT2D eigenvalue weighted by Gasteiger charge is 2.33. The van der Waals surface area contributed by atoms with E-state index in [-0.39, 0.29) is 17.9 Å². The van der Waals surface area contributed by atoms with Crippen molar-refractivity contribution < 1.29 is 14.3 Å². The van der Waals surface area contributed by atoms with Crippen molar-refractivity contribution in [3.8, 4) is 5.88 Å². The van der Waals surface area contributed by atoms with Crippen LogP contribution in [-0.2, 0) is 6.54 Å². The number of hydrogen-bond acceptors (Lipinski definition) is 4. The molecular weight excluding hydrogens is 354 g/mol. The van der Waals surface area contributed by atoms with E-state index in [9.17, 15) is 9.59 Å². The molecule has 146 valence electrons. The van der Waals surface area contributed by atoms with E-state index in [0.717, 1.165) is 31.2 Å². The maximum Gasteiger partial charge on any atom is 0.255 e. The van der Waals surface area contributed by atoms with Crippen LogP contribution in [0.1, 0.15) is 58.9 Å². The van der Waals surface area contributed by atoms with Crippen LogP contribution in [-0.4, -0.2) is 40.4 Å². The smallest absolute Gasteiger partial charge is 0.255 e. The molecule has 2 aliphatic carbocycles. The van der Waals surface area contributed by atoms with Crippen LogP contribution in [0.3, 0.4) is 0 Å². The van der Waals surface area contributed by atoms with Gasteiger partial charge in [0.25, 0.3) is 11.8 Å². The molecule has 28 heavy (non-hydrogen) atoms. The van der Waals surface area contributed by atoms with Crippen LogP contribution in [0, 0.1) is 0 Å². The fraction of sp³-hybridized carbons (Fsp3) is 0.409. The minimum absolute atomic E-state index is 0.0198. The van der Waals surface area contributed by atoms with E-state index in [4.69, 9.17) is 4.74 Å². The zero-order chi connectivity index (χ0) is 19.5. The Labute approximate surface area is 164 Å². The molecule has 0 aliphatic heterocycles. The molecule has 0 saturated heterocycles. The van der Waals surface area contributed by atoms with Crippen LogP contribution in [0.4, 0.5) is 0 Å². The molecule has 1 aromatic heterocycles. The number of aromatic nitrogens is 1. The highest BCUT2D eigenvalue weighted by atomic mass is 16.5. The summed E-state index contributed by atoms with van der Waals surface area (Å²) in [5, 5.41) is 2.99. The lowest BCUT2D eigenvalue weighted by molar-refractivity contribution is 0.0729. The Morgan fingerprint density at radius 1 is 1.07 bits per heavy atom. The van der Waals surface area contributed by atoms with Crippen LogP contribution in [0.5, 0.6) is 5.88 Å². The van der Waals surface area contributed by atoms with Crippen molar-refractivity contribution in [1.29, 1.82) is 0 Å². The van der Waals surface area contributed by atoms with Crippen LogP contribution >= 0.6 is 0 Å². The molecule has 4 rings (SSSR count). The number of nitrogens with one attached hydrogen (secondary N) is 1. The second kappa shape index (κ2) is 8.00. The fourth-order valence-electron chi connectivity index (χ4n) is 3.11. The summed E-state index contributed by atoms with van der Waals surface area (Å²) in [6, 6.07) is 11.6. The summed E-state index contributed by atoms with van der Waals surface area (Å²) in [6.45, 7) is 2.97. The Balaban J connectivity index is 1.43. The number of benzene rings is 1. The summed E-state index contributed by atoms with van der Waals surface area (Å²) in [5.74, 6) is 0.482. The average Bonchev–Trinajstić information content (AvgIpc) is 3.62. The van der Waals surface area contributed by atoms with Gasteiger partial charge in [0.05, 0.1) is 12.2 Å². The quantitative estimate of drug-likeness (QED) is 0.765.